The number of para-hydroxylation sites is 1. The van der Waals surface area contributed by atoms with Crippen LogP contribution < -0.4 is 15.4 Å². The van der Waals surface area contributed by atoms with E-state index in [1.165, 1.54) is 6.33 Å². The molecular formula is C26H21Cl2N5O2. The van der Waals surface area contributed by atoms with E-state index < -0.39 is 6.04 Å². The van der Waals surface area contributed by atoms with Gasteiger partial charge in [-0.2, -0.15) is 10.1 Å². The average molecular weight is 506 g/mol. The molecule has 1 aliphatic rings. The zero-order valence-electron chi connectivity index (χ0n) is 18.7. The molecule has 176 valence electrons. The Labute approximate surface area is 212 Å². The molecule has 1 aliphatic heterocycles. The molecule has 1 amide bonds. The molecule has 0 radical (unpaired) electrons. The smallest absolute Gasteiger partial charge is 0.255 e. The lowest BCUT2D eigenvalue weighted by Crippen LogP contribution is -2.31. The standard InChI is InChI=1S/C26H21Cl2N5O2/c1-16-23(25(34)32-20-12-10-19(28)11-13-20)24(33-26(31-16)29-15-30-33)21-4-2-3-5-22(21)35-14-17-6-8-18(27)9-7-17/h2-13,15,24H,14H2,1H3,(H,32,34)(H,29,30,31)/t24-/m0/s1. The monoisotopic (exact) mass is 505 g/mol. The van der Waals surface area contributed by atoms with Crippen LogP contribution in [0.3, 0.4) is 0 Å². The molecule has 0 saturated heterocycles. The number of hydrogen-bond donors (Lipinski definition) is 2. The molecule has 7 nitrogen and oxygen atoms in total. The summed E-state index contributed by atoms with van der Waals surface area (Å²) in [6.07, 6.45) is 1.46. The van der Waals surface area contributed by atoms with Crippen molar-refractivity contribution in [1.29, 1.82) is 0 Å². The van der Waals surface area contributed by atoms with Crippen molar-refractivity contribution in [2.75, 3.05) is 10.6 Å². The highest BCUT2D eigenvalue weighted by atomic mass is 35.5. The number of nitrogens with one attached hydrogen (secondary N) is 2. The van der Waals surface area contributed by atoms with Crippen LogP contribution in [0.4, 0.5) is 11.6 Å². The van der Waals surface area contributed by atoms with Crippen molar-refractivity contribution in [3.05, 3.63) is 112 Å². The molecule has 2 heterocycles. The third-order valence-corrected chi connectivity index (χ3v) is 6.17. The molecule has 1 aromatic heterocycles. The Hall–Kier alpha value is -3.81. The van der Waals surface area contributed by atoms with Crippen LogP contribution in [0, 0.1) is 0 Å². The van der Waals surface area contributed by atoms with Crippen molar-refractivity contribution >= 4 is 40.7 Å². The van der Waals surface area contributed by atoms with Crippen molar-refractivity contribution in [1.82, 2.24) is 14.8 Å². The largest absolute Gasteiger partial charge is 0.489 e. The number of allylic oxidation sites excluding steroid dienone is 1. The van der Waals surface area contributed by atoms with E-state index in [0.717, 1.165) is 11.1 Å². The minimum Gasteiger partial charge on any atom is -0.489 e. The number of carbonyl (C=O) groups excluding carboxylic acids is 1. The Morgan fingerprint density at radius 1 is 1.03 bits per heavy atom. The van der Waals surface area contributed by atoms with Gasteiger partial charge in [-0.15, -0.1) is 0 Å². The van der Waals surface area contributed by atoms with Gasteiger partial charge in [-0.3, -0.25) is 4.79 Å². The highest BCUT2D eigenvalue weighted by molar-refractivity contribution is 6.30. The van der Waals surface area contributed by atoms with Gasteiger partial charge >= 0.3 is 0 Å². The Balaban J connectivity index is 1.50. The van der Waals surface area contributed by atoms with E-state index in [2.05, 4.69) is 20.7 Å². The van der Waals surface area contributed by atoms with Gasteiger partial charge in [0.15, 0.2) is 0 Å². The molecule has 35 heavy (non-hydrogen) atoms. The third-order valence-electron chi connectivity index (χ3n) is 5.66. The quantitative estimate of drug-likeness (QED) is 0.331. The van der Waals surface area contributed by atoms with Crippen molar-refractivity contribution in [3.8, 4) is 5.75 Å². The van der Waals surface area contributed by atoms with E-state index in [1.54, 1.807) is 28.9 Å². The maximum Gasteiger partial charge on any atom is 0.255 e. The molecule has 0 unspecified atom stereocenters. The summed E-state index contributed by atoms with van der Waals surface area (Å²) < 4.78 is 7.90. The number of amides is 1. The van der Waals surface area contributed by atoms with Gasteiger partial charge in [0.25, 0.3) is 5.91 Å². The van der Waals surface area contributed by atoms with E-state index >= 15 is 0 Å². The molecule has 0 saturated carbocycles. The number of anilines is 2. The maximum atomic E-state index is 13.5. The number of rotatable bonds is 6. The van der Waals surface area contributed by atoms with E-state index in [-0.39, 0.29) is 5.91 Å². The summed E-state index contributed by atoms with van der Waals surface area (Å²) in [6.45, 7) is 2.19. The number of ether oxygens (including phenoxy) is 1. The van der Waals surface area contributed by atoms with Crippen LogP contribution >= 0.6 is 23.2 Å². The first-order valence-corrected chi connectivity index (χ1v) is 11.7. The fourth-order valence-corrected chi connectivity index (χ4v) is 4.24. The lowest BCUT2D eigenvalue weighted by Gasteiger charge is -2.29. The fourth-order valence-electron chi connectivity index (χ4n) is 3.98. The first kappa shape index (κ1) is 23.0. The molecule has 3 aromatic carbocycles. The second-order valence-corrected chi connectivity index (χ2v) is 8.88. The number of fused-ring (bicyclic) bond motifs is 1. The number of nitrogens with zero attached hydrogens (tertiary/aromatic N) is 3. The summed E-state index contributed by atoms with van der Waals surface area (Å²) in [4.78, 5) is 17.9. The van der Waals surface area contributed by atoms with Crippen LogP contribution in [0.25, 0.3) is 0 Å². The average Bonchev–Trinajstić information content (AvgIpc) is 3.32. The van der Waals surface area contributed by atoms with Crippen LogP contribution in [0.1, 0.15) is 24.1 Å². The molecule has 1 atom stereocenters. The molecule has 0 fully saturated rings. The minimum atomic E-state index is -0.553. The van der Waals surface area contributed by atoms with Crippen molar-refractivity contribution in [2.24, 2.45) is 0 Å². The molecule has 5 rings (SSSR count). The Morgan fingerprint density at radius 3 is 2.46 bits per heavy atom. The second-order valence-electron chi connectivity index (χ2n) is 8.01. The van der Waals surface area contributed by atoms with Crippen LogP contribution in [0.5, 0.6) is 5.75 Å². The van der Waals surface area contributed by atoms with Gasteiger partial charge in [0, 0.05) is 27.0 Å². The number of aromatic nitrogens is 3. The summed E-state index contributed by atoms with van der Waals surface area (Å²) in [7, 11) is 0. The van der Waals surface area contributed by atoms with Gasteiger partial charge in [-0.1, -0.05) is 53.5 Å². The molecule has 4 aromatic rings. The summed E-state index contributed by atoms with van der Waals surface area (Å²) >= 11 is 12.0. The van der Waals surface area contributed by atoms with Crippen molar-refractivity contribution in [3.63, 3.8) is 0 Å². The first-order valence-electron chi connectivity index (χ1n) is 10.9. The topological polar surface area (TPSA) is 81.1 Å². The van der Waals surface area contributed by atoms with Crippen LogP contribution in [0.15, 0.2) is 90.4 Å². The summed E-state index contributed by atoms with van der Waals surface area (Å²) in [5, 5.41) is 11.8. The number of benzene rings is 3. The zero-order valence-corrected chi connectivity index (χ0v) is 20.2. The van der Waals surface area contributed by atoms with E-state index in [4.69, 9.17) is 27.9 Å². The Kier molecular flexibility index (Phi) is 6.44. The first-order chi connectivity index (χ1) is 17.0. The molecule has 0 aliphatic carbocycles. The number of halogens is 2. The van der Waals surface area contributed by atoms with Gasteiger partial charge in [0.05, 0.1) is 5.57 Å². The lowest BCUT2D eigenvalue weighted by atomic mass is 9.94. The van der Waals surface area contributed by atoms with Crippen LogP contribution in [-0.2, 0) is 11.4 Å². The molecule has 0 bridgehead atoms. The minimum absolute atomic E-state index is 0.268. The van der Waals surface area contributed by atoms with Gasteiger partial charge in [0.2, 0.25) is 5.95 Å². The number of carbonyl (C=O) groups is 1. The predicted molar refractivity (Wildman–Crippen MR) is 137 cm³/mol. The lowest BCUT2D eigenvalue weighted by molar-refractivity contribution is -0.113. The SMILES string of the molecule is CC1=C(C(=O)Nc2ccc(Cl)cc2)[C@H](c2ccccc2OCc2ccc(Cl)cc2)n2ncnc2N1. The molecule has 2 N–H and O–H groups in total. The third kappa shape index (κ3) is 4.87. The Morgan fingerprint density at radius 2 is 1.71 bits per heavy atom. The van der Waals surface area contributed by atoms with Gasteiger partial charge in [0.1, 0.15) is 24.7 Å². The maximum absolute atomic E-state index is 13.5. The van der Waals surface area contributed by atoms with E-state index in [9.17, 15) is 4.79 Å². The summed E-state index contributed by atoms with van der Waals surface area (Å²) in [5.41, 5.74) is 3.57. The Bertz CT molecular complexity index is 1400. The van der Waals surface area contributed by atoms with Gasteiger partial charge in [-0.05, 0) is 55.0 Å². The van der Waals surface area contributed by atoms with Crippen molar-refractivity contribution in [2.45, 2.75) is 19.6 Å². The molecular weight excluding hydrogens is 485 g/mol. The molecule has 9 heteroatoms. The second kappa shape index (κ2) is 9.82. The number of hydrogen-bond acceptors (Lipinski definition) is 5. The normalized spacial score (nSPS) is 14.8. The predicted octanol–water partition coefficient (Wildman–Crippen LogP) is 6.09. The fraction of sp³-hybridized carbons (Fsp3) is 0.115. The summed E-state index contributed by atoms with van der Waals surface area (Å²) in [5.74, 6) is 0.916. The van der Waals surface area contributed by atoms with Gasteiger partial charge < -0.3 is 15.4 Å². The highest BCUT2D eigenvalue weighted by Crippen LogP contribution is 2.39. The van der Waals surface area contributed by atoms with Crippen LogP contribution in [0.2, 0.25) is 10.0 Å². The van der Waals surface area contributed by atoms with E-state index in [1.807, 2.05) is 55.5 Å². The zero-order chi connectivity index (χ0) is 24.4. The summed E-state index contributed by atoms with van der Waals surface area (Å²) in [6, 6.07) is 21.5. The highest BCUT2D eigenvalue weighted by Gasteiger charge is 2.35. The molecule has 0 spiro atoms. The van der Waals surface area contributed by atoms with E-state index in [0.29, 0.717) is 45.3 Å². The van der Waals surface area contributed by atoms with Crippen LogP contribution in [-0.4, -0.2) is 20.7 Å². The van der Waals surface area contributed by atoms with Crippen molar-refractivity contribution < 1.29 is 9.53 Å². The van der Waals surface area contributed by atoms with Gasteiger partial charge in [-0.25, -0.2) is 4.68 Å².